The van der Waals surface area contributed by atoms with Gasteiger partial charge in [-0.3, -0.25) is 13.9 Å². The number of sulfonamides is 1. The van der Waals surface area contributed by atoms with Crippen LogP contribution in [0, 0.1) is 20.8 Å². The van der Waals surface area contributed by atoms with Crippen LogP contribution in [0.25, 0.3) is 0 Å². The molecule has 0 saturated carbocycles. The van der Waals surface area contributed by atoms with Gasteiger partial charge in [-0.2, -0.15) is 0 Å². The average molecular weight is 584 g/mol. The van der Waals surface area contributed by atoms with Gasteiger partial charge in [0.25, 0.3) is 10.0 Å². The van der Waals surface area contributed by atoms with E-state index < -0.39 is 34.1 Å². The molecule has 0 heterocycles. The largest absolute Gasteiger partial charge is 0.350 e. The van der Waals surface area contributed by atoms with Gasteiger partial charge in [-0.05, 0) is 89.4 Å². The number of anilines is 1. The Morgan fingerprint density at radius 1 is 0.925 bits per heavy atom. The molecule has 0 unspecified atom stereocenters. The summed E-state index contributed by atoms with van der Waals surface area (Å²) in [6, 6.07) is 18.2. The fourth-order valence-corrected chi connectivity index (χ4v) is 5.87. The molecule has 0 saturated heterocycles. The van der Waals surface area contributed by atoms with Crippen LogP contribution in [0.1, 0.15) is 49.9 Å². The van der Waals surface area contributed by atoms with Gasteiger partial charge in [-0.1, -0.05) is 59.6 Å². The number of carbonyl (C=O) groups is 2. The molecule has 0 aromatic heterocycles. The van der Waals surface area contributed by atoms with E-state index in [0.717, 1.165) is 15.4 Å². The van der Waals surface area contributed by atoms with Crippen LogP contribution in [0.5, 0.6) is 0 Å². The van der Waals surface area contributed by atoms with Gasteiger partial charge < -0.3 is 10.2 Å². The lowest BCUT2D eigenvalue weighted by molar-refractivity contribution is -0.140. The first-order chi connectivity index (χ1) is 18.6. The predicted octanol–water partition coefficient (Wildman–Crippen LogP) is 5.79. The van der Waals surface area contributed by atoms with Gasteiger partial charge in [0, 0.05) is 17.1 Å². The topological polar surface area (TPSA) is 86.8 Å². The molecule has 0 spiro atoms. The molecule has 0 fully saturated rings. The van der Waals surface area contributed by atoms with Crippen LogP contribution in [0.15, 0.2) is 71.6 Å². The van der Waals surface area contributed by atoms with Crippen LogP contribution >= 0.6 is 11.6 Å². The quantitative estimate of drug-likeness (QED) is 0.345. The van der Waals surface area contributed by atoms with Crippen LogP contribution in [0.4, 0.5) is 5.69 Å². The number of nitrogens with one attached hydrogen (secondary N) is 1. The van der Waals surface area contributed by atoms with Crippen molar-refractivity contribution in [1.29, 1.82) is 0 Å². The molecule has 1 atom stereocenters. The molecule has 214 valence electrons. The summed E-state index contributed by atoms with van der Waals surface area (Å²) in [5.41, 5.74) is 2.99. The lowest BCUT2D eigenvalue weighted by atomic mass is 10.1. The Morgan fingerprint density at radius 2 is 1.52 bits per heavy atom. The lowest BCUT2D eigenvalue weighted by Gasteiger charge is -2.34. The second-order valence-electron chi connectivity index (χ2n) is 11.1. The fraction of sp³-hybridized carbons (Fsp3) is 0.355. The second kappa shape index (κ2) is 12.4. The number of benzene rings is 3. The van der Waals surface area contributed by atoms with Gasteiger partial charge in [0.2, 0.25) is 11.8 Å². The van der Waals surface area contributed by atoms with Gasteiger partial charge in [0.15, 0.2) is 0 Å². The Balaban J connectivity index is 2.09. The van der Waals surface area contributed by atoms with Crippen molar-refractivity contribution in [3.05, 3.63) is 94.0 Å². The average Bonchev–Trinajstić information content (AvgIpc) is 2.87. The molecule has 9 heteroatoms. The zero-order valence-electron chi connectivity index (χ0n) is 24.2. The van der Waals surface area contributed by atoms with Crippen molar-refractivity contribution < 1.29 is 18.0 Å². The number of rotatable bonds is 9. The summed E-state index contributed by atoms with van der Waals surface area (Å²) in [4.78, 5) is 28.7. The van der Waals surface area contributed by atoms with E-state index in [0.29, 0.717) is 21.8 Å². The molecule has 3 rings (SSSR count). The lowest BCUT2D eigenvalue weighted by Crippen LogP contribution is -2.54. The highest BCUT2D eigenvalue weighted by Gasteiger charge is 2.34. The molecule has 0 aliphatic heterocycles. The number of hydrogen-bond acceptors (Lipinski definition) is 4. The van der Waals surface area contributed by atoms with Crippen LogP contribution in [-0.4, -0.2) is 43.3 Å². The first-order valence-electron chi connectivity index (χ1n) is 13.1. The molecule has 7 nitrogen and oxygen atoms in total. The van der Waals surface area contributed by atoms with Gasteiger partial charge in [-0.25, -0.2) is 8.42 Å². The van der Waals surface area contributed by atoms with E-state index in [4.69, 9.17) is 11.6 Å². The third-order valence-electron chi connectivity index (χ3n) is 6.49. The van der Waals surface area contributed by atoms with Crippen molar-refractivity contribution in [2.75, 3.05) is 10.8 Å². The molecule has 1 N–H and O–H groups in total. The van der Waals surface area contributed by atoms with E-state index in [-0.39, 0.29) is 17.3 Å². The minimum absolute atomic E-state index is 0.0302. The van der Waals surface area contributed by atoms with Crippen molar-refractivity contribution >= 4 is 39.1 Å². The Morgan fingerprint density at radius 3 is 2.12 bits per heavy atom. The number of amides is 2. The molecule has 0 aliphatic rings. The van der Waals surface area contributed by atoms with E-state index in [1.54, 1.807) is 56.3 Å². The predicted molar refractivity (Wildman–Crippen MR) is 161 cm³/mol. The van der Waals surface area contributed by atoms with Crippen LogP contribution in [0.3, 0.4) is 0 Å². The maximum Gasteiger partial charge on any atom is 0.264 e. The summed E-state index contributed by atoms with van der Waals surface area (Å²) in [6.45, 7) is 12.3. The standard InChI is InChI=1S/C31H38ClN3O4S/c1-21-13-16-26(17-14-21)40(38,39)35(28-18-22(2)12-15-23(28)3)20-29(36)34(19-25-10-8-9-11-27(25)32)24(4)30(37)33-31(5,6)7/h8-18,24H,19-20H2,1-7H3,(H,33,37)/t24-/m0/s1. The molecule has 0 radical (unpaired) electrons. The van der Waals surface area contributed by atoms with Gasteiger partial charge in [-0.15, -0.1) is 0 Å². The fourth-order valence-electron chi connectivity index (χ4n) is 4.21. The Labute approximate surface area is 243 Å². The van der Waals surface area contributed by atoms with Crippen molar-refractivity contribution in [1.82, 2.24) is 10.2 Å². The van der Waals surface area contributed by atoms with E-state index in [1.165, 1.54) is 17.0 Å². The molecule has 3 aromatic carbocycles. The number of aryl methyl sites for hydroxylation is 3. The van der Waals surface area contributed by atoms with E-state index in [9.17, 15) is 18.0 Å². The van der Waals surface area contributed by atoms with E-state index in [2.05, 4.69) is 5.32 Å². The minimum Gasteiger partial charge on any atom is -0.350 e. The molecule has 0 bridgehead atoms. The maximum absolute atomic E-state index is 14.1. The molecular formula is C31H38ClN3O4S. The normalized spacial score (nSPS) is 12.5. The Kier molecular flexibility index (Phi) is 9.69. The highest BCUT2D eigenvalue weighted by atomic mass is 35.5. The zero-order valence-corrected chi connectivity index (χ0v) is 25.7. The van der Waals surface area contributed by atoms with Crippen molar-refractivity contribution in [3.63, 3.8) is 0 Å². The number of hydrogen-bond donors (Lipinski definition) is 1. The number of carbonyl (C=O) groups excluding carboxylic acids is 2. The molecule has 2 amide bonds. The summed E-state index contributed by atoms with van der Waals surface area (Å²) in [7, 11) is -4.14. The third-order valence-corrected chi connectivity index (χ3v) is 8.63. The first-order valence-corrected chi connectivity index (χ1v) is 14.9. The summed E-state index contributed by atoms with van der Waals surface area (Å²) in [6.07, 6.45) is 0. The summed E-state index contributed by atoms with van der Waals surface area (Å²) in [5.74, 6) is -0.888. The van der Waals surface area contributed by atoms with Gasteiger partial charge in [0.05, 0.1) is 10.6 Å². The third kappa shape index (κ3) is 7.64. The van der Waals surface area contributed by atoms with E-state index in [1.807, 2.05) is 46.8 Å². The summed E-state index contributed by atoms with van der Waals surface area (Å²) < 4.78 is 29.2. The van der Waals surface area contributed by atoms with Gasteiger partial charge in [0.1, 0.15) is 12.6 Å². The van der Waals surface area contributed by atoms with Gasteiger partial charge >= 0.3 is 0 Å². The second-order valence-corrected chi connectivity index (χ2v) is 13.4. The number of nitrogens with zero attached hydrogens (tertiary/aromatic N) is 2. The van der Waals surface area contributed by atoms with Crippen molar-refractivity contribution in [2.45, 2.75) is 71.5 Å². The smallest absolute Gasteiger partial charge is 0.264 e. The highest BCUT2D eigenvalue weighted by Crippen LogP contribution is 2.29. The van der Waals surface area contributed by atoms with Crippen LogP contribution < -0.4 is 9.62 Å². The highest BCUT2D eigenvalue weighted by molar-refractivity contribution is 7.92. The summed E-state index contributed by atoms with van der Waals surface area (Å²) in [5, 5.41) is 3.37. The Hall–Kier alpha value is -3.36. The van der Waals surface area contributed by atoms with E-state index >= 15 is 0 Å². The monoisotopic (exact) mass is 583 g/mol. The molecule has 3 aromatic rings. The van der Waals surface area contributed by atoms with Crippen LogP contribution in [0.2, 0.25) is 5.02 Å². The van der Waals surface area contributed by atoms with Crippen LogP contribution in [-0.2, 0) is 26.2 Å². The zero-order chi connectivity index (χ0) is 29.8. The Bertz CT molecular complexity index is 1480. The summed E-state index contributed by atoms with van der Waals surface area (Å²) >= 11 is 6.42. The maximum atomic E-state index is 14.1. The van der Waals surface area contributed by atoms with Crippen molar-refractivity contribution in [2.24, 2.45) is 0 Å². The van der Waals surface area contributed by atoms with Crippen molar-refractivity contribution in [3.8, 4) is 0 Å². The molecular weight excluding hydrogens is 546 g/mol. The molecule has 40 heavy (non-hydrogen) atoms. The first kappa shape index (κ1) is 31.2. The minimum atomic E-state index is -4.14. The molecule has 0 aliphatic carbocycles. The SMILES string of the molecule is Cc1ccc(S(=O)(=O)N(CC(=O)N(Cc2ccccc2Cl)[C@@H](C)C(=O)NC(C)(C)C)c2cc(C)ccc2C)cc1. The number of halogens is 1.